The van der Waals surface area contributed by atoms with Crippen molar-refractivity contribution in [3.63, 3.8) is 0 Å². The van der Waals surface area contributed by atoms with Gasteiger partial charge in [-0.05, 0) is 18.2 Å². The molecule has 2 heterocycles. The number of esters is 3. The molecular formula is C22H37N3O9S. The number of hydrogen-bond donors (Lipinski definition) is 1. The molecule has 4 unspecified atom stereocenters. The van der Waals surface area contributed by atoms with E-state index in [1.165, 1.54) is 32.5 Å². The second kappa shape index (κ2) is 15.1. The molecule has 1 N–H and O–H groups in total. The van der Waals surface area contributed by atoms with Crippen LogP contribution in [0.5, 0.6) is 0 Å². The molecule has 12 nitrogen and oxygen atoms in total. The highest BCUT2D eigenvalue weighted by molar-refractivity contribution is 7.99. The molecule has 9 atom stereocenters. The number of carbonyl (C=O) groups excluding carboxylic acids is 3. The number of aliphatic hydroxyl groups excluding tert-OH is 1. The number of azide groups is 1. The molecule has 0 aromatic carbocycles. The molecule has 2 aliphatic rings. The smallest absolute Gasteiger partial charge is 0.303 e. The predicted octanol–water partition coefficient (Wildman–Crippen LogP) is 2.61. The lowest BCUT2D eigenvalue weighted by molar-refractivity contribution is -0.217. The van der Waals surface area contributed by atoms with Crippen LogP contribution in [0, 0.1) is 11.8 Å². The van der Waals surface area contributed by atoms with Crippen molar-refractivity contribution in [2.24, 2.45) is 17.0 Å². The fourth-order valence-corrected chi connectivity index (χ4v) is 4.77. The molecule has 13 heteroatoms. The number of thioether (sulfide) groups is 1. The summed E-state index contributed by atoms with van der Waals surface area (Å²) in [5.41, 5.74) is 8.06. The Balaban J connectivity index is 0.000000400. The number of carbonyl (C=O) groups is 3. The zero-order valence-electron chi connectivity index (χ0n) is 21.3. The molecule has 2 fully saturated rings. The van der Waals surface area contributed by atoms with Crippen molar-refractivity contribution in [2.75, 3.05) is 19.5 Å². The first-order chi connectivity index (χ1) is 16.5. The number of hydrogen-bond acceptors (Lipinski definition) is 11. The van der Waals surface area contributed by atoms with Gasteiger partial charge in [-0.1, -0.05) is 25.9 Å². The summed E-state index contributed by atoms with van der Waals surface area (Å²) in [4.78, 5) is 36.5. The van der Waals surface area contributed by atoms with Gasteiger partial charge in [0.25, 0.3) is 0 Å². The second-order valence-electron chi connectivity index (χ2n) is 8.53. The van der Waals surface area contributed by atoms with Crippen molar-refractivity contribution in [1.82, 2.24) is 0 Å². The average Bonchev–Trinajstić information content (AvgIpc) is 2.79. The van der Waals surface area contributed by atoms with Gasteiger partial charge in [0.05, 0.1) is 24.9 Å². The highest BCUT2D eigenvalue weighted by atomic mass is 32.2. The van der Waals surface area contributed by atoms with E-state index in [4.69, 9.17) is 29.2 Å². The molecule has 0 bridgehead atoms. The highest BCUT2D eigenvalue weighted by Crippen LogP contribution is 2.35. The van der Waals surface area contributed by atoms with Crippen LogP contribution in [-0.2, 0) is 38.1 Å². The number of ether oxygens (including phenoxy) is 5. The third kappa shape index (κ3) is 9.49. The van der Waals surface area contributed by atoms with Crippen LogP contribution in [0.25, 0.3) is 10.4 Å². The fraction of sp³-hybridized carbons (Fsp3) is 0.864. The van der Waals surface area contributed by atoms with Gasteiger partial charge in [0, 0.05) is 37.5 Å². The Morgan fingerprint density at radius 3 is 2.17 bits per heavy atom. The standard InChI is InChI=1S/C14H22O7S.C8H15N3O2/c1-7-12(19-9(3)16)13(20-10(4)17)11(6-18-8(2)15)21-14(7)22-5;1-3-6-7(10-11-9)8(12)5(2)4-13-6/h7,11-14H,6H2,1-5H3;5-8,12H,3-4H2,1-2H3/t7?,11?,12-,13-,14+;5?,6?,7-,8+/m10/s1. The Kier molecular flexibility index (Phi) is 13.4. The number of nitrogens with zero attached hydrogens (tertiary/aromatic N) is 3. The van der Waals surface area contributed by atoms with Crippen LogP contribution in [0.2, 0.25) is 0 Å². The quantitative estimate of drug-likeness (QED) is 0.174. The molecule has 0 amide bonds. The molecular weight excluding hydrogens is 482 g/mol. The van der Waals surface area contributed by atoms with E-state index < -0.39 is 48.4 Å². The molecule has 0 radical (unpaired) electrons. The minimum absolute atomic E-state index is 0.0401. The first kappa shape index (κ1) is 31.0. The van der Waals surface area contributed by atoms with Crippen molar-refractivity contribution < 1.29 is 43.2 Å². The summed E-state index contributed by atoms with van der Waals surface area (Å²) in [7, 11) is 0. The van der Waals surface area contributed by atoms with Crippen LogP contribution in [-0.4, -0.2) is 84.5 Å². The van der Waals surface area contributed by atoms with Crippen molar-refractivity contribution in [3.8, 4) is 0 Å². The lowest BCUT2D eigenvalue weighted by atomic mass is 9.91. The monoisotopic (exact) mass is 519 g/mol. The molecule has 0 spiro atoms. The molecule has 0 aromatic heterocycles. The first-order valence-corrected chi connectivity index (χ1v) is 12.7. The van der Waals surface area contributed by atoms with Crippen LogP contribution in [0.1, 0.15) is 48.0 Å². The maximum atomic E-state index is 11.4. The summed E-state index contributed by atoms with van der Waals surface area (Å²) in [5.74, 6) is -1.60. The van der Waals surface area contributed by atoms with Crippen molar-refractivity contribution in [2.45, 2.75) is 90.0 Å². The Labute approximate surface area is 210 Å². The zero-order chi connectivity index (χ0) is 26.7. The summed E-state index contributed by atoms with van der Waals surface area (Å²) in [6.45, 7) is 9.99. The molecule has 0 aromatic rings. The lowest BCUT2D eigenvalue weighted by Gasteiger charge is -2.43. The van der Waals surface area contributed by atoms with E-state index in [2.05, 4.69) is 10.0 Å². The Morgan fingerprint density at radius 2 is 1.69 bits per heavy atom. The van der Waals surface area contributed by atoms with Crippen LogP contribution in [0.3, 0.4) is 0 Å². The van der Waals surface area contributed by atoms with Crippen LogP contribution >= 0.6 is 11.8 Å². The van der Waals surface area contributed by atoms with Crippen LogP contribution in [0.15, 0.2) is 5.11 Å². The summed E-state index contributed by atoms with van der Waals surface area (Å²) in [5, 5.41) is 13.3. The molecule has 2 rings (SSSR count). The largest absolute Gasteiger partial charge is 0.463 e. The van der Waals surface area contributed by atoms with E-state index in [0.29, 0.717) is 6.61 Å². The van der Waals surface area contributed by atoms with Gasteiger partial charge in [0.15, 0.2) is 6.10 Å². The topological polar surface area (TPSA) is 166 Å². The van der Waals surface area contributed by atoms with E-state index in [1.54, 1.807) is 0 Å². The van der Waals surface area contributed by atoms with Gasteiger partial charge in [-0.15, -0.1) is 11.8 Å². The normalized spacial score (nSPS) is 34.3. The maximum Gasteiger partial charge on any atom is 0.303 e. The summed E-state index contributed by atoms with van der Waals surface area (Å²) >= 11 is 1.45. The number of rotatable bonds is 7. The molecule has 35 heavy (non-hydrogen) atoms. The Hall–Kier alpha value is -2.05. The maximum absolute atomic E-state index is 11.4. The van der Waals surface area contributed by atoms with E-state index in [0.717, 1.165) is 6.42 Å². The van der Waals surface area contributed by atoms with Gasteiger partial charge in [-0.3, -0.25) is 14.4 Å². The minimum Gasteiger partial charge on any atom is -0.463 e. The van der Waals surface area contributed by atoms with Crippen molar-refractivity contribution >= 4 is 29.7 Å². The SMILES string of the molecule is CCC1OCC(C)[C@@H](O)[C@H]1N=[N+]=[N-].CS[C@@H]1OC(COC(C)=O)[C@@H](OC(C)=O)[C@H](OC(C)=O)C1C. The van der Waals surface area contributed by atoms with Crippen LogP contribution < -0.4 is 0 Å². The summed E-state index contributed by atoms with van der Waals surface area (Å²) in [6, 6.07) is -0.432. The highest BCUT2D eigenvalue weighted by Gasteiger charge is 2.48. The van der Waals surface area contributed by atoms with Crippen LogP contribution in [0.4, 0.5) is 0 Å². The van der Waals surface area contributed by atoms with E-state index in [1.807, 2.05) is 27.0 Å². The molecule has 0 aliphatic carbocycles. The van der Waals surface area contributed by atoms with Gasteiger partial charge in [0.1, 0.15) is 24.3 Å². The van der Waals surface area contributed by atoms with Crippen molar-refractivity contribution in [1.29, 1.82) is 0 Å². The van der Waals surface area contributed by atoms with E-state index in [-0.39, 0.29) is 30.0 Å². The Bertz CT molecular complexity index is 762. The van der Waals surface area contributed by atoms with Crippen molar-refractivity contribution in [3.05, 3.63) is 10.4 Å². The van der Waals surface area contributed by atoms with Gasteiger partial charge >= 0.3 is 17.9 Å². The fourth-order valence-electron chi connectivity index (χ4n) is 3.93. The first-order valence-electron chi connectivity index (χ1n) is 11.5. The zero-order valence-corrected chi connectivity index (χ0v) is 22.1. The van der Waals surface area contributed by atoms with Gasteiger partial charge in [-0.25, -0.2) is 0 Å². The molecule has 200 valence electrons. The van der Waals surface area contributed by atoms with Gasteiger partial charge < -0.3 is 28.8 Å². The van der Waals surface area contributed by atoms with E-state index >= 15 is 0 Å². The lowest BCUT2D eigenvalue weighted by Crippen LogP contribution is -2.57. The molecule has 2 aliphatic heterocycles. The molecule has 0 saturated carbocycles. The van der Waals surface area contributed by atoms with E-state index in [9.17, 15) is 19.5 Å². The summed E-state index contributed by atoms with van der Waals surface area (Å²) in [6.07, 6.45) is -0.260. The summed E-state index contributed by atoms with van der Waals surface area (Å²) < 4.78 is 26.9. The van der Waals surface area contributed by atoms with Gasteiger partial charge in [0.2, 0.25) is 0 Å². The third-order valence-electron chi connectivity index (χ3n) is 5.71. The average molecular weight is 520 g/mol. The van der Waals surface area contributed by atoms with Gasteiger partial charge in [-0.2, -0.15) is 0 Å². The second-order valence-corrected chi connectivity index (χ2v) is 9.47. The molecule has 2 saturated heterocycles. The number of aliphatic hydroxyl groups is 1. The predicted molar refractivity (Wildman–Crippen MR) is 127 cm³/mol. The third-order valence-corrected chi connectivity index (χ3v) is 6.71. The Morgan fingerprint density at radius 1 is 1.09 bits per heavy atom. The minimum atomic E-state index is -0.820.